The summed E-state index contributed by atoms with van der Waals surface area (Å²) in [6.07, 6.45) is 5.83. The second-order valence-electron chi connectivity index (χ2n) is 5.50. The van der Waals surface area contributed by atoms with Crippen molar-refractivity contribution in [2.45, 2.75) is 63.6 Å². The van der Waals surface area contributed by atoms with E-state index in [1.807, 2.05) is 11.8 Å². The second kappa shape index (κ2) is 6.37. The predicted molar refractivity (Wildman–Crippen MR) is 71.6 cm³/mol. The largest absolute Gasteiger partial charge is 0.381 e. The molecule has 2 fully saturated rings. The molecule has 1 heterocycles. The van der Waals surface area contributed by atoms with Gasteiger partial charge < -0.3 is 15.0 Å². The number of rotatable bonds is 4. The zero-order valence-electron chi connectivity index (χ0n) is 11.9. The first-order valence-electron chi connectivity index (χ1n) is 7.29. The van der Waals surface area contributed by atoms with Crippen LogP contribution in [0.15, 0.2) is 0 Å². The Kier molecular flexibility index (Phi) is 4.80. The van der Waals surface area contributed by atoms with E-state index in [4.69, 9.17) is 4.74 Å². The van der Waals surface area contributed by atoms with Gasteiger partial charge in [0.25, 0.3) is 0 Å². The van der Waals surface area contributed by atoms with Gasteiger partial charge in [-0.15, -0.1) is 0 Å². The fourth-order valence-electron chi connectivity index (χ4n) is 3.26. The number of hydrogen-bond donors (Lipinski definition) is 1. The molecule has 0 aromatic heterocycles. The van der Waals surface area contributed by atoms with Gasteiger partial charge in [-0.25, -0.2) is 0 Å². The molecule has 3 atom stereocenters. The molecule has 19 heavy (non-hydrogen) atoms. The highest BCUT2D eigenvalue weighted by molar-refractivity contribution is 5.95. The van der Waals surface area contributed by atoms with Crippen molar-refractivity contribution in [3.63, 3.8) is 0 Å². The summed E-state index contributed by atoms with van der Waals surface area (Å²) in [5.74, 6) is 0.0563. The first-order valence-corrected chi connectivity index (χ1v) is 7.29. The molecule has 0 bridgehead atoms. The number of nitrogens with one attached hydrogen (secondary N) is 1. The van der Waals surface area contributed by atoms with Crippen molar-refractivity contribution in [3.05, 3.63) is 0 Å². The van der Waals surface area contributed by atoms with Crippen LogP contribution in [0.5, 0.6) is 0 Å². The van der Waals surface area contributed by atoms with Gasteiger partial charge in [-0.3, -0.25) is 9.59 Å². The van der Waals surface area contributed by atoms with Crippen molar-refractivity contribution in [2.75, 3.05) is 13.7 Å². The minimum atomic E-state index is -0.285. The van der Waals surface area contributed by atoms with Gasteiger partial charge in [0.15, 0.2) is 0 Å². The van der Waals surface area contributed by atoms with Gasteiger partial charge in [0.2, 0.25) is 11.8 Å². The van der Waals surface area contributed by atoms with Crippen molar-refractivity contribution in [3.8, 4) is 0 Å². The summed E-state index contributed by atoms with van der Waals surface area (Å²) < 4.78 is 5.43. The van der Waals surface area contributed by atoms with Crippen LogP contribution in [0.25, 0.3) is 0 Å². The summed E-state index contributed by atoms with van der Waals surface area (Å²) in [5.41, 5.74) is 0. The maximum Gasteiger partial charge on any atom is 0.243 e. The molecule has 2 amide bonds. The summed E-state index contributed by atoms with van der Waals surface area (Å²) in [7, 11) is 1.72. The van der Waals surface area contributed by atoms with E-state index in [0.29, 0.717) is 0 Å². The Morgan fingerprint density at radius 1 is 1.37 bits per heavy atom. The Morgan fingerprint density at radius 3 is 2.84 bits per heavy atom. The highest BCUT2D eigenvalue weighted by Crippen LogP contribution is 2.28. The van der Waals surface area contributed by atoms with E-state index >= 15 is 0 Å². The van der Waals surface area contributed by atoms with Gasteiger partial charge in [0, 0.05) is 13.2 Å². The van der Waals surface area contributed by atoms with E-state index in [9.17, 15) is 9.59 Å². The van der Waals surface area contributed by atoms with E-state index < -0.39 is 0 Å². The molecular weight excluding hydrogens is 244 g/mol. The maximum atomic E-state index is 12.2. The quantitative estimate of drug-likeness (QED) is 0.829. The zero-order chi connectivity index (χ0) is 13.8. The molecule has 0 spiro atoms. The zero-order valence-corrected chi connectivity index (χ0v) is 11.9. The lowest BCUT2D eigenvalue weighted by molar-refractivity contribution is -0.150. The number of piperazine rings is 1. The van der Waals surface area contributed by atoms with Crippen LogP contribution in [0.1, 0.15) is 45.4 Å². The van der Waals surface area contributed by atoms with Gasteiger partial charge in [-0.1, -0.05) is 13.3 Å². The van der Waals surface area contributed by atoms with Crippen LogP contribution in [-0.4, -0.2) is 48.6 Å². The highest BCUT2D eigenvalue weighted by atomic mass is 16.5. The third kappa shape index (κ3) is 3.08. The Labute approximate surface area is 114 Å². The lowest BCUT2D eigenvalue weighted by atomic mass is 9.89. The van der Waals surface area contributed by atoms with Crippen molar-refractivity contribution < 1.29 is 14.3 Å². The van der Waals surface area contributed by atoms with Crippen LogP contribution in [0.4, 0.5) is 0 Å². The van der Waals surface area contributed by atoms with Crippen LogP contribution in [0, 0.1) is 0 Å². The maximum absolute atomic E-state index is 12.2. The first kappa shape index (κ1) is 14.3. The normalized spacial score (nSPS) is 32.3. The first-order chi connectivity index (χ1) is 9.17. The standard InChI is InChI=1S/C14H24N2O3/c1-3-5-12-14(18)15-9-13(17)16(12)10-6-4-7-11(8-10)19-2/h10-12H,3-9H2,1-2H3,(H,15,18). The van der Waals surface area contributed by atoms with Gasteiger partial charge in [0.1, 0.15) is 6.04 Å². The number of hydrogen-bond acceptors (Lipinski definition) is 3. The van der Waals surface area contributed by atoms with Crippen LogP contribution >= 0.6 is 0 Å². The smallest absolute Gasteiger partial charge is 0.243 e. The molecule has 2 aliphatic rings. The summed E-state index contributed by atoms with van der Waals surface area (Å²) >= 11 is 0. The molecule has 0 radical (unpaired) electrons. The van der Waals surface area contributed by atoms with Gasteiger partial charge in [-0.05, 0) is 32.1 Å². The number of carbonyl (C=O) groups is 2. The third-order valence-corrected chi connectivity index (χ3v) is 4.23. The molecule has 5 heteroatoms. The van der Waals surface area contributed by atoms with Crippen LogP contribution in [-0.2, 0) is 14.3 Å². The van der Waals surface area contributed by atoms with Crippen molar-refractivity contribution >= 4 is 11.8 Å². The highest BCUT2D eigenvalue weighted by Gasteiger charge is 2.39. The van der Waals surface area contributed by atoms with Gasteiger partial charge in [-0.2, -0.15) is 0 Å². The summed E-state index contributed by atoms with van der Waals surface area (Å²) in [5, 5.41) is 2.70. The number of amides is 2. The summed E-state index contributed by atoms with van der Waals surface area (Å²) in [6, 6.07) is -0.124. The molecule has 1 aliphatic heterocycles. The SMILES string of the molecule is CCCC1C(=O)NCC(=O)N1C1CCCC(OC)C1. The number of carbonyl (C=O) groups excluding carboxylic acids is 2. The van der Waals surface area contributed by atoms with Crippen molar-refractivity contribution in [2.24, 2.45) is 0 Å². The van der Waals surface area contributed by atoms with Crippen LogP contribution in [0.2, 0.25) is 0 Å². The Bertz CT molecular complexity index is 346. The van der Waals surface area contributed by atoms with E-state index in [1.54, 1.807) is 7.11 Å². The molecule has 1 saturated carbocycles. The molecule has 108 valence electrons. The second-order valence-corrected chi connectivity index (χ2v) is 5.50. The van der Waals surface area contributed by atoms with Crippen molar-refractivity contribution in [1.29, 1.82) is 0 Å². The molecular formula is C14H24N2O3. The fourth-order valence-corrected chi connectivity index (χ4v) is 3.26. The number of methoxy groups -OCH3 is 1. The topological polar surface area (TPSA) is 58.6 Å². The Hall–Kier alpha value is -1.10. The van der Waals surface area contributed by atoms with E-state index in [-0.39, 0.29) is 36.5 Å². The molecule has 5 nitrogen and oxygen atoms in total. The fraction of sp³-hybridized carbons (Fsp3) is 0.857. The molecule has 0 aromatic rings. The number of nitrogens with zero attached hydrogens (tertiary/aromatic N) is 1. The predicted octanol–water partition coefficient (Wildman–Crippen LogP) is 1.07. The minimum absolute atomic E-state index is 0.000917. The minimum Gasteiger partial charge on any atom is -0.381 e. The average molecular weight is 268 g/mol. The summed E-state index contributed by atoms with van der Waals surface area (Å²) in [6.45, 7) is 2.19. The third-order valence-electron chi connectivity index (χ3n) is 4.23. The Balaban J connectivity index is 2.12. The van der Waals surface area contributed by atoms with Gasteiger partial charge >= 0.3 is 0 Å². The van der Waals surface area contributed by atoms with Gasteiger partial charge in [0.05, 0.1) is 12.6 Å². The average Bonchev–Trinajstić information content (AvgIpc) is 2.43. The molecule has 1 N–H and O–H groups in total. The molecule has 2 rings (SSSR count). The number of ether oxygens (including phenoxy) is 1. The van der Waals surface area contributed by atoms with Crippen molar-refractivity contribution in [1.82, 2.24) is 10.2 Å². The molecule has 1 saturated heterocycles. The van der Waals surface area contributed by atoms with Crippen LogP contribution in [0.3, 0.4) is 0 Å². The van der Waals surface area contributed by atoms with E-state index in [2.05, 4.69) is 5.32 Å². The van der Waals surface area contributed by atoms with E-state index in [1.165, 1.54) is 0 Å². The molecule has 0 aromatic carbocycles. The molecule has 3 unspecified atom stereocenters. The lowest BCUT2D eigenvalue weighted by Crippen LogP contribution is -2.62. The monoisotopic (exact) mass is 268 g/mol. The molecule has 1 aliphatic carbocycles. The van der Waals surface area contributed by atoms with Crippen LogP contribution < -0.4 is 5.32 Å². The Morgan fingerprint density at radius 2 is 2.16 bits per heavy atom. The summed E-state index contributed by atoms with van der Waals surface area (Å²) in [4.78, 5) is 26.0. The van der Waals surface area contributed by atoms with E-state index in [0.717, 1.165) is 38.5 Å². The lowest BCUT2D eigenvalue weighted by Gasteiger charge is -2.43.